The van der Waals surface area contributed by atoms with Crippen LogP contribution in [0, 0.1) is 18.3 Å². The average Bonchev–Trinajstić information content (AvgIpc) is 3.20. The first-order valence-electron chi connectivity index (χ1n) is 10.7. The Balaban J connectivity index is 0.00000245. The van der Waals surface area contributed by atoms with Gasteiger partial charge in [-0.3, -0.25) is 0 Å². The van der Waals surface area contributed by atoms with E-state index in [0.29, 0.717) is 11.6 Å². The maximum Gasteiger partial charge on any atom is 0.0991 e. The fourth-order valence-electron chi connectivity index (χ4n) is 4.40. The van der Waals surface area contributed by atoms with Crippen molar-refractivity contribution in [3.63, 3.8) is 0 Å². The number of nitriles is 1. The van der Waals surface area contributed by atoms with Gasteiger partial charge in [0.2, 0.25) is 0 Å². The van der Waals surface area contributed by atoms with Gasteiger partial charge in [0.1, 0.15) is 0 Å². The molecule has 2 aromatic carbocycles. The van der Waals surface area contributed by atoms with E-state index in [0.717, 1.165) is 53.8 Å². The van der Waals surface area contributed by atoms with Crippen LogP contribution in [0.2, 0.25) is 0 Å². The van der Waals surface area contributed by atoms with Crippen molar-refractivity contribution in [1.29, 1.82) is 5.26 Å². The summed E-state index contributed by atoms with van der Waals surface area (Å²) in [4.78, 5) is 2.42. The molecule has 0 atom stereocenters. The monoisotopic (exact) mass is 443 g/mol. The lowest BCUT2D eigenvalue weighted by Gasteiger charge is -2.32. The van der Waals surface area contributed by atoms with E-state index in [2.05, 4.69) is 58.8 Å². The topological polar surface area (TPSA) is 70.3 Å². The van der Waals surface area contributed by atoms with Crippen molar-refractivity contribution >= 4 is 23.6 Å². The predicted molar refractivity (Wildman–Crippen MR) is 132 cm³/mol. The molecule has 2 N–H and O–H groups in total. The number of aromatic nitrogens is 2. The Morgan fingerprint density at radius 1 is 0.969 bits per heavy atom. The van der Waals surface area contributed by atoms with E-state index in [1.165, 1.54) is 11.3 Å². The molecule has 0 spiro atoms. The van der Waals surface area contributed by atoms with E-state index in [1.54, 1.807) is 0 Å². The van der Waals surface area contributed by atoms with Crippen LogP contribution in [-0.2, 0) is 0 Å². The fourth-order valence-corrected chi connectivity index (χ4v) is 4.40. The first-order valence-corrected chi connectivity index (χ1v) is 10.7. The van der Waals surface area contributed by atoms with Crippen molar-refractivity contribution in [2.45, 2.75) is 25.8 Å². The molecule has 32 heavy (non-hydrogen) atoms. The molecule has 4 aromatic rings. The van der Waals surface area contributed by atoms with Crippen LogP contribution in [0.3, 0.4) is 0 Å². The minimum absolute atomic E-state index is 0. The number of nitrogens with zero attached hydrogens (tertiary/aromatic N) is 4. The summed E-state index contributed by atoms with van der Waals surface area (Å²) in [6.45, 7) is 4.01. The molecule has 0 bridgehead atoms. The zero-order valence-corrected chi connectivity index (χ0v) is 18.8. The molecule has 6 heteroatoms. The lowest BCUT2D eigenvalue weighted by atomic mass is 10.00. The normalized spacial score (nSPS) is 14.2. The minimum atomic E-state index is 0. The molecule has 5 nitrogen and oxygen atoms in total. The van der Waals surface area contributed by atoms with Gasteiger partial charge < -0.3 is 10.6 Å². The first-order chi connectivity index (χ1) is 15.1. The second-order valence-corrected chi connectivity index (χ2v) is 8.30. The molecule has 1 fully saturated rings. The number of nitrogens with two attached hydrogens (primary N) is 1. The molecule has 0 amide bonds. The molecule has 2 aromatic heterocycles. The largest absolute Gasteiger partial charge is 0.370 e. The predicted octanol–water partition coefficient (Wildman–Crippen LogP) is 5.20. The highest BCUT2D eigenvalue weighted by Crippen LogP contribution is 2.38. The third-order valence-electron chi connectivity index (χ3n) is 6.18. The van der Waals surface area contributed by atoms with Crippen molar-refractivity contribution < 1.29 is 0 Å². The van der Waals surface area contributed by atoms with Gasteiger partial charge in [-0.25, -0.2) is 4.52 Å². The molecule has 1 aliphatic heterocycles. The Bertz CT molecular complexity index is 1260. The van der Waals surface area contributed by atoms with Crippen LogP contribution in [0.15, 0.2) is 66.9 Å². The number of aryl methyl sites for hydroxylation is 1. The summed E-state index contributed by atoms with van der Waals surface area (Å²) >= 11 is 0. The number of hydrogen-bond donors (Lipinski definition) is 1. The van der Waals surface area contributed by atoms with Gasteiger partial charge in [0.25, 0.3) is 0 Å². The first kappa shape index (κ1) is 21.9. The van der Waals surface area contributed by atoms with Crippen molar-refractivity contribution in [3.05, 3.63) is 78.0 Å². The van der Waals surface area contributed by atoms with E-state index >= 15 is 0 Å². The molecule has 0 radical (unpaired) electrons. The molecule has 162 valence electrons. The summed E-state index contributed by atoms with van der Waals surface area (Å²) in [5.41, 5.74) is 14.7. The average molecular weight is 444 g/mol. The summed E-state index contributed by atoms with van der Waals surface area (Å²) in [5, 5.41) is 13.9. The second kappa shape index (κ2) is 9.04. The zero-order chi connectivity index (χ0) is 21.4. The van der Waals surface area contributed by atoms with Gasteiger partial charge in [-0.2, -0.15) is 10.4 Å². The SMILES string of the molecule is Cc1ccc(-c2c(-c3ccc(C#N)cc3)cc3c(N4CCC(N)CC4)ccnn23)cc1.Cl. The number of hydrogen-bond acceptors (Lipinski definition) is 4. The van der Waals surface area contributed by atoms with Crippen molar-refractivity contribution in [3.8, 4) is 28.5 Å². The van der Waals surface area contributed by atoms with Gasteiger partial charge in [-0.1, -0.05) is 42.0 Å². The third kappa shape index (κ3) is 3.95. The van der Waals surface area contributed by atoms with E-state index in [-0.39, 0.29) is 12.4 Å². The highest BCUT2D eigenvalue weighted by Gasteiger charge is 2.22. The number of rotatable bonds is 3. The van der Waals surface area contributed by atoms with Gasteiger partial charge in [0.15, 0.2) is 0 Å². The Labute approximate surface area is 194 Å². The van der Waals surface area contributed by atoms with Crippen LogP contribution < -0.4 is 10.6 Å². The highest BCUT2D eigenvalue weighted by molar-refractivity contribution is 5.90. The molecule has 5 rings (SSSR count). The third-order valence-corrected chi connectivity index (χ3v) is 6.18. The Morgan fingerprint density at radius 3 is 2.28 bits per heavy atom. The quantitative estimate of drug-likeness (QED) is 0.472. The fraction of sp³-hybridized carbons (Fsp3) is 0.231. The van der Waals surface area contributed by atoms with E-state index in [9.17, 15) is 5.26 Å². The maximum absolute atomic E-state index is 9.19. The van der Waals surface area contributed by atoms with Crippen LogP contribution in [0.4, 0.5) is 5.69 Å². The van der Waals surface area contributed by atoms with Crippen LogP contribution in [0.5, 0.6) is 0 Å². The summed E-state index contributed by atoms with van der Waals surface area (Å²) in [6, 6.07) is 23.2. The summed E-state index contributed by atoms with van der Waals surface area (Å²) in [5.74, 6) is 0. The van der Waals surface area contributed by atoms with E-state index in [4.69, 9.17) is 10.8 Å². The van der Waals surface area contributed by atoms with Crippen molar-refractivity contribution in [2.24, 2.45) is 5.73 Å². The number of anilines is 1. The smallest absolute Gasteiger partial charge is 0.0991 e. The molecular formula is C26H26ClN5. The molecule has 1 aliphatic rings. The van der Waals surface area contributed by atoms with Gasteiger partial charge >= 0.3 is 0 Å². The number of fused-ring (bicyclic) bond motifs is 1. The highest BCUT2D eigenvalue weighted by atomic mass is 35.5. The Morgan fingerprint density at radius 2 is 1.62 bits per heavy atom. The van der Waals surface area contributed by atoms with Crippen LogP contribution in [0.1, 0.15) is 24.0 Å². The van der Waals surface area contributed by atoms with Crippen molar-refractivity contribution in [2.75, 3.05) is 18.0 Å². The summed E-state index contributed by atoms with van der Waals surface area (Å²) < 4.78 is 2.06. The zero-order valence-electron chi connectivity index (χ0n) is 18.0. The van der Waals surface area contributed by atoms with E-state index < -0.39 is 0 Å². The molecule has 0 unspecified atom stereocenters. The number of benzene rings is 2. The number of piperidine rings is 1. The molecular weight excluding hydrogens is 418 g/mol. The molecule has 1 saturated heterocycles. The van der Waals surface area contributed by atoms with Gasteiger partial charge in [-0.15, -0.1) is 12.4 Å². The maximum atomic E-state index is 9.19. The lowest BCUT2D eigenvalue weighted by molar-refractivity contribution is 0.501. The lowest BCUT2D eigenvalue weighted by Crippen LogP contribution is -2.39. The standard InChI is InChI=1S/C26H25N5.ClH/c1-18-2-6-21(7-3-18)26-23(20-8-4-19(17-27)5-9-20)16-25-24(10-13-29-31(25)26)30-14-11-22(28)12-15-30;/h2-10,13,16,22H,11-12,14-15,28H2,1H3;1H. The van der Waals surface area contributed by atoms with Gasteiger partial charge in [-0.05, 0) is 49.6 Å². The second-order valence-electron chi connectivity index (χ2n) is 8.30. The molecule has 0 aliphatic carbocycles. The summed E-state index contributed by atoms with van der Waals surface area (Å²) in [6.07, 6.45) is 3.89. The van der Waals surface area contributed by atoms with Gasteiger partial charge in [0, 0.05) is 36.5 Å². The molecule has 0 saturated carbocycles. The van der Waals surface area contributed by atoms with Crippen molar-refractivity contribution in [1.82, 2.24) is 9.61 Å². The van der Waals surface area contributed by atoms with E-state index in [1.807, 2.05) is 30.5 Å². The van der Waals surface area contributed by atoms with Crippen LogP contribution in [-0.4, -0.2) is 28.7 Å². The minimum Gasteiger partial charge on any atom is -0.370 e. The Kier molecular flexibility index (Phi) is 6.18. The summed E-state index contributed by atoms with van der Waals surface area (Å²) in [7, 11) is 0. The molecule has 3 heterocycles. The van der Waals surface area contributed by atoms with Crippen LogP contribution in [0.25, 0.3) is 27.9 Å². The van der Waals surface area contributed by atoms with Gasteiger partial charge in [0.05, 0.1) is 28.5 Å². The van der Waals surface area contributed by atoms with Crippen LogP contribution >= 0.6 is 12.4 Å². The Hall–Kier alpha value is -3.33. The number of halogens is 1.